The summed E-state index contributed by atoms with van der Waals surface area (Å²) in [7, 11) is 0. The predicted molar refractivity (Wildman–Crippen MR) is 90.3 cm³/mol. The zero-order valence-corrected chi connectivity index (χ0v) is 14.1. The van der Waals surface area contributed by atoms with E-state index in [1.807, 2.05) is 43.8 Å². The third-order valence-corrected chi connectivity index (χ3v) is 4.78. The maximum Gasteiger partial charge on any atom is 0.338 e. The van der Waals surface area contributed by atoms with Crippen LogP contribution in [0.2, 0.25) is 0 Å². The van der Waals surface area contributed by atoms with Gasteiger partial charge in [0.1, 0.15) is 0 Å². The van der Waals surface area contributed by atoms with Crippen molar-refractivity contribution in [3.63, 3.8) is 0 Å². The summed E-state index contributed by atoms with van der Waals surface area (Å²) in [5.74, 6) is 3.17. The lowest BCUT2D eigenvalue weighted by molar-refractivity contribution is -0.142. The highest BCUT2D eigenvalue weighted by molar-refractivity contribution is 7.98. The average Bonchev–Trinajstić information content (AvgIpc) is 3.19. The summed E-state index contributed by atoms with van der Waals surface area (Å²) in [5.41, 5.74) is 0.655. The van der Waals surface area contributed by atoms with Crippen molar-refractivity contribution in [3.05, 3.63) is 36.0 Å². The second-order valence-electron chi connectivity index (χ2n) is 6.19. The fourth-order valence-electron chi connectivity index (χ4n) is 2.89. The zero-order valence-electron chi connectivity index (χ0n) is 13.2. The van der Waals surface area contributed by atoms with Crippen molar-refractivity contribution in [3.8, 4) is 0 Å². The predicted octanol–water partition coefficient (Wildman–Crippen LogP) is 4.39. The molecule has 0 aromatic rings. The molecule has 2 nitrogen and oxygen atoms in total. The first-order chi connectivity index (χ1) is 10.1. The van der Waals surface area contributed by atoms with Gasteiger partial charge < -0.3 is 4.74 Å². The van der Waals surface area contributed by atoms with E-state index in [0.29, 0.717) is 11.5 Å². The molecule has 0 bridgehead atoms. The molecule has 2 aliphatic rings. The molecule has 3 heteroatoms. The van der Waals surface area contributed by atoms with Gasteiger partial charge in [-0.15, -0.1) is 0 Å². The van der Waals surface area contributed by atoms with Crippen LogP contribution in [0.15, 0.2) is 36.0 Å². The number of carbonyl (C=O) groups is 1. The van der Waals surface area contributed by atoms with Gasteiger partial charge in [-0.1, -0.05) is 24.3 Å². The number of rotatable bonds is 7. The molecule has 0 saturated heterocycles. The second-order valence-corrected chi connectivity index (χ2v) is 7.18. The SMILES string of the molecule is CSCCCC1CC1C1C=CC=C(C(=O)OC(C)C)C=C1. The lowest BCUT2D eigenvalue weighted by Gasteiger charge is -2.08. The van der Waals surface area contributed by atoms with Crippen molar-refractivity contribution < 1.29 is 9.53 Å². The van der Waals surface area contributed by atoms with Gasteiger partial charge >= 0.3 is 5.97 Å². The van der Waals surface area contributed by atoms with E-state index in [1.54, 1.807) is 0 Å². The fraction of sp³-hybridized carbons (Fsp3) is 0.611. The van der Waals surface area contributed by atoms with E-state index >= 15 is 0 Å². The fourth-order valence-corrected chi connectivity index (χ4v) is 3.35. The maximum atomic E-state index is 11.9. The summed E-state index contributed by atoms with van der Waals surface area (Å²) in [4.78, 5) is 11.9. The largest absolute Gasteiger partial charge is 0.459 e. The Balaban J connectivity index is 1.84. The van der Waals surface area contributed by atoms with Crippen LogP contribution in [-0.4, -0.2) is 24.1 Å². The first-order valence-electron chi connectivity index (χ1n) is 7.88. The van der Waals surface area contributed by atoms with Crippen molar-refractivity contribution in [2.24, 2.45) is 17.8 Å². The molecule has 0 aromatic carbocycles. The van der Waals surface area contributed by atoms with Gasteiger partial charge in [-0.3, -0.25) is 0 Å². The highest BCUT2D eigenvalue weighted by Gasteiger charge is 2.40. The normalized spacial score (nSPS) is 27.4. The topological polar surface area (TPSA) is 26.3 Å². The zero-order chi connectivity index (χ0) is 15.2. The van der Waals surface area contributed by atoms with E-state index < -0.39 is 0 Å². The number of carbonyl (C=O) groups excluding carboxylic acids is 1. The molecule has 0 N–H and O–H groups in total. The third-order valence-electron chi connectivity index (χ3n) is 4.08. The van der Waals surface area contributed by atoms with E-state index in [2.05, 4.69) is 18.4 Å². The number of hydrogen-bond acceptors (Lipinski definition) is 3. The van der Waals surface area contributed by atoms with Gasteiger partial charge in [0.05, 0.1) is 11.7 Å². The first kappa shape index (κ1) is 16.4. The monoisotopic (exact) mass is 306 g/mol. The molecule has 0 heterocycles. The summed E-state index contributed by atoms with van der Waals surface area (Å²) >= 11 is 1.93. The molecule has 3 unspecified atom stereocenters. The third kappa shape index (κ3) is 5.06. The Kier molecular flexibility index (Phi) is 6.16. The highest BCUT2D eigenvalue weighted by atomic mass is 32.2. The van der Waals surface area contributed by atoms with Crippen molar-refractivity contribution in [1.82, 2.24) is 0 Å². The average molecular weight is 306 g/mol. The van der Waals surface area contributed by atoms with Crippen LogP contribution in [0.5, 0.6) is 0 Å². The van der Waals surface area contributed by atoms with Gasteiger partial charge in [-0.2, -0.15) is 11.8 Å². The van der Waals surface area contributed by atoms with Crippen LogP contribution >= 0.6 is 11.8 Å². The summed E-state index contributed by atoms with van der Waals surface area (Å²) in [6.07, 6.45) is 16.3. The minimum Gasteiger partial charge on any atom is -0.459 e. The van der Waals surface area contributed by atoms with E-state index in [4.69, 9.17) is 4.74 Å². The Morgan fingerprint density at radius 1 is 1.43 bits per heavy atom. The van der Waals surface area contributed by atoms with Gasteiger partial charge in [-0.05, 0) is 68.9 Å². The van der Waals surface area contributed by atoms with Crippen molar-refractivity contribution in [2.75, 3.05) is 12.0 Å². The van der Waals surface area contributed by atoms with Gasteiger partial charge in [0, 0.05) is 0 Å². The smallest absolute Gasteiger partial charge is 0.338 e. The lowest BCUT2D eigenvalue weighted by atomic mass is 10.00. The molecule has 2 rings (SSSR count). The van der Waals surface area contributed by atoms with Crippen LogP contribution in [0.1, 0.15) is 33.1 Å². The molecule has 3 atom stereocenters. The summed E-state index contributed by atoms with van der Waals surface area (Å²) in [6, 6.07) is 0. The Morgan fingerprint density at radius 3 is 2.95 bits per heavy atom. The molecular weight excluding hydrogens is 280 g/mol. The van der Waals surface area contributed by atoms with Crippen LogP contribution in [-0.2, 0) is 9.53 Å². The number of ether oxygens (including phenoxy) is 1. The molecule has 0 radical (unpaired) electrons. The Morgan fingerprint density at radius 2 is 2.24 bits per heavy atom. The number of thioether (sulfide) groups is 1. The summed E-state index contributed by atoms with van der Waals surface area (Å²) in [6.45, 7) is 3.75. The van der Waals surface area contributed by atoms with Gasteiger partial charge in [0.25, 0.3) is 0 Å². The van der Waals surface area contributed by atoms with E-state index in [-0.39, 0.29) is 12.1 Å². The molecule has 1 fully saturated rings. The Hall–Kier alpha value is -0.960. The second kappa shape index (κ2) is 7.88. The molecule has 0 spiro atoms. The van der Waals surface area contributed by atoms with Gasteiger partial charge in [0.2, 0.25) is 0 Å². The number of allylic oxidation sites excluding steroid dienone is 4. The van der Waals surface area contributed by atoms with Crippen LogP contribution in [0.4, 0.5) is 0 Å². The maximum absolute atomic E-state index is 11.9. The molecule has 21 heavy (non-hydrogen) atoms. The molecule has 0 aromatic heterocycles. The van der Waals surface area contributed by atoms with Gasteiger partial charge in [0.15, 0.2) is 0 Å². The van der Waals surface area contributed by atoms with Crippen LogP contribution < -0.4 is 0 Å². The molecule has 116 valence electrons. The van der Waals surface area contributed by atoms with Crippen molar-refractivity contribution >= 4 is 17.7 Å². The minimum atomic E-state index is -0.223. The quantitative estimate of drug-likeness (QED) is 0.515. The van der Waals surface area contributed by atoms with Crippen molar-refractivity contribution in [1.29, 1.82) is 0 Å². The van der Waals surface area contributed by atoms with Crippen LogP contribution in [0, 0.1) is 17.8 Å². The van der Waals surface area contributed by atoms with Gasteiger partial charge in [-0.25, -0.2) is 4.79 Å². The van der Waals surface area contributed by atoms with E-state index in [1.165, 1.54) is 25.0 Å². The number of hydrogen-bond donors (Lipinski definition) is 0. The van der Waals surface area contributed by atoms with E-state index in [0.717, 1.165) is 11.8 Å². The molecule has 0 aliphatic heterocycles. The number of esters is 1. The molecule has 0 amide bonds. The summed E-state index contributed by atoms with van der Waals surface area (Å²) in [5, 5.41) is 0. The van der Waals surface area contributed by atoms with Crippen LogP contribution in [0.3, 0.4) is 0 Å². The Bertz CT molecular complexity index is 448. The molecule has 1 saturated carbocycles. The van der Waals surface area contributed by atoms with Crippen molar-refractivity contribution in [2.45, 2.75) is 39.2 Å². The lowest BCUT2D eigenvalue weighted by Crippen LogP contribution is -2.12. The standard InChI is InChI=1S/C18H26O2S/c1-13(2)20-18(19)15-7-4-6-14(9-10-15)17-12-16(17)8-5-11-21-3/h4,6-7,9-10,13-14,16-17H,5,8,11-12H2,1-3H3. The first-order valence-corrected chi connectivity index (χ1v) is 9.27. The summed E-state index contributed by atoms with van der Waals surface area (Å²) < 4.78 is 5.25. The van der Waals surface area contributed by atoms with E-state index in [9.17, 15) is 4.79 Å². The minimum absolute atomic E-state index is 0.0703. The molecule has 2 aliphatic carbocycles. The Labute approximate surface area is 132 Å². The van der Waals surface area contributed by atoms with Crippen LogP contribution in [0.25, 0.3) is 0 Å². The molecular formula is C18H26O2S. The highest BCUT2D eigenvalue weighted by Crippen LogP contribution is 2.48.